The molecule has 0 bridgehead atoms. The number of rotatable bonds is 4. The third-order valence-corrected chi connectivity index (χ3v) is 1.97. The van der Waals surface area contributed by atoms with Crippen LogP contribution in [-0.2, 0) is 11.4 Å². The number of alkyl halides is 3. The van der Waals surface area contributed by atoms with Gasteiger partial charge in [0.1, 0.15) is 5.76 Å². The van der Waals surface area contributed by atoms with Crippen molar-refractivity contribution in [2.24, 2.45) is 0 Å². The van der Waals surface area contributed by atoms with E-state index in [0.29, 0.717) is 10.2 Å². The molecule has 0 aliphatic rings. The van der Waals surface area contributed by atoms with E-state index in [2.05, 4.69) is 26.2 Å². The van der Waals surface area contributed by atoms with Gasteiger partial charge in [-0.1, -0.05) is 0 Å². The minimum Gasteiger partial charge on any atom is -0.467 e. The molecule has 0 saturated heterocycles. The second-order valence-corrected chi connectivity index (χ2v) is 3.27. The van der Waals surface area contributed by atoms with E-state index in [9.17, 15) is 13.2 Å². The molecule has 0 atom stereocenters. The molecule has 3 nitrogen and oxygen atoms in total. The molecule has 1 aromatic heterocycles. The molecule has 1 rings (SSSR count). The topological polar surface area (TPSA) is 34.4 Å². The van der Waals surface area contributed by atoms with Crippen molar-refractivity contribution >= 4 is 15.9 Å². The summed E-state index contributed by atoms with van der Waals surface area (Å²) in [5, 5.41) is 0. The van der Waals surface area contributed by atoms with Crippen LogP contribution in [0, 0.1) is 0 Å². The highest BCUT2D eigenvalue weighted by molar-refractivity contribution is 9.10. The minimum absolute atomic E-state index is 0.0731. The summed E-state index contributed by atoms with van der Waals surface area (Å²) in [7, 11) is 0. The quantitative estimate of drug-likeness (QED) is 0.677. The van der Waals surface area contributed by atoms with E-state index in [1.807, 2.05) is 0 Å². The first-order valence-corrected chi connectivity index (χ1v) is 4.41. The third-order valence-electron chi connectivity index (χ3n) is 1.26. The van der Waals surface area contributed by atoms with Crippen LogP contribution in [0.1, 0.15) is 5.76 Å². The molecule has 0 aliphatic carbocycles. The van der Waals surface area contributed by atoms with Gasteiger partial charge in [0.15, 0.2) is 6.61 Å². The van der Waals surface area contributed by atoms with Gasteiger partial charge in [0, 0.05) is 0 Å². The van der Waals surface area contributed by atoms with E-state index < -0.39 is 12.8 Å². The zero-order valence-electron chi connectivity index (χ0n) is 6.90. The Morgan fingerprint density at radius 3 is 2.71 bits per heavy atom. The van der Waals surface area contributed by atoms with Crippen LogP contribution >= 0.6 is 15.9 Å². The van der Waals surface area contributed by atoms with Gasteiger partial charge in [-0.25, -0.2) is 0 Å². The van der Waals surface area contributed by atoms with Crippen molar-refractivity contribution < 1.29 is 22.4 Å². The lowest BCUT2D eigenvalue weighted by Crippen LogP contribution is -2.24. The van der Waals surface area contributed by atoms with E-state index >= 15 is 0 Å². The van der Waals surface area contributed by atoms with Crippen molar-refractivity contribution in [3.05, 3.63) is 22.6 Å². The third kappa shape index (κ3) is 4.12. The number of furan rings is 1. The van der Waals surface area contributed by atoms with E-state index in [0.717, 1.165) is 0 Å². The Morgan fingerprint density at radius 1 is 1.50 bits per heavy atom. The van der Waals surface area contributed by atoms with Crippen LogP contribution in [0.25, 0.3) is 0 Å². The predicted molar refractivity (Wildman–Crippen MR) is 45.3 cm³/mol. The second kappa shape index (κ2) is 4.81. The maximum atomic E-state index is 11.6. The average molecular weight is 274 g/mol. The van der Waals surface area contributed by atoms with E-state index in [4.69, 9.17) is 4.42 Å². The summed E-state index contributed by atoms with van der Waals surface area (Å²) in [6.45, 7) is -1.25. The first-order chi connectivity index (χ1) is 6.49. The number of nitrogens with one attached hydrogen (secondary N) is 1. The lowest BCUT2D eigenvalue weighted by molar-refractivity contribution is -0.190. The molecule has 0 aliphatic heterocycles. The van der Waals surface area contributed by atoms with Gasteiger partial charge in [-0.05, 0) is 22.0 Å². The molecule has 14 heavy (non-hydrogen) atoms. The smallest absolute Gasteiger partial charge is 0.413 e. The molecule has 1 N–H and O–H groups in total. The fourth-order valence-corrected chi connectivity index (χ4v) is 1.04. The molecule has 1 heterocycles. The van der Waals surface area contributed by atoms with Crippen LogP contribution in [0.15, 0.2) is 21.2 Å². The summed E-state index contributed by atoms with van der Waals surface area (Å²) in [6.07, 6.45) is -2.90. The van der Waals surface area contributed by atoms with Crippen molar-refractivity contribution in [2.75, 3.05) is 6.61 Å². The summed E-state index contributed by atoms with van der Waals surface area (Å²) in [5.41, 5.74) is 2.14. The summed E-state index contributed by atoms with van der Waals surface area (Å²) in [5.74, 6) is 0.479. The molecular formula is C7H7BrF3NO2. The highest BCUT2D eigenvalue weighted by Gasteiger charge is 2.27. The van der Waals surface area contributed by atoms with Gasteiger partial charge in [0.2, 0.25) is 0 Å². The molecule has 0 radical (unpaired) electrons. The molecule has 0 aromatic carbocycles. The van der Waals surface area contributed by atoms with Crippen molar-refractivity contribution in [3.8, 4) is 0 Å². The standard InChI is InChI=1S/C7H7BrF3NO2/c8-5-1-2-13-6(5)3-12-14-4-7(9,10)11/h1-2,12H,3-4H2. The van der Waals surface area contributed by atoms with Crippen LogP contribution in [-0.4, -0.2) is 12.8 Å². The Labute approximate surface area is 86.3 Å². The van der Waals surface area contributed by atoms with Crippen LogP contribution in [0.4, 0.5) is 13.2 Å². The van der Waals surface area contributed by atoms with Crippen molar-refractivity contribution in [1.82, 2.24) is 5.48 Å². The Kier molecular flexibility index (Phi) is 3.97. The maximum Gasteiger partial charge on any atom is 0.413 e. The van der Waals surface area contributed by atoms with Crippen LogP contribution < -0.4 is 5.48 Å². The van der Waals surface area contributed by atoms with Gasteiger partial charge in [-0.15, -0.1) is 0 Å². The van der Waals surface area contributed by atoms with Gasteiger partial charge >= 0.3 is 6.18 Å². The van der Waals surface area contributed by atoms with Crippen LogP contribution in [0.2, 0.25) is 0 Å². The highest BCUT2D eigenvalue weighted by atomic mass is 79.9. The molecule has 0 fully saturated rings. The lowest BCUT2D eigenvalue weighted by Gasteiger charge is -2.07. The average Bonchev–Trinajstić information content (AvgIpc) is 2.44. The first kappa shape index (κ1) is 11.5. The van der Waals surface area contributed by atoms with E-state index in [-0.39, 0.29) is 6.54 Å². The zero-order valence-corrected chi connectivity index (χ0v) is 8.48. The van der Waals surface area contributed by atoms with Gasteiger partial charge in [0.05, 0.1) is 17.3 Å². The molecule has 0 spiro atoms. The Morgan fingerprint density at radius 2 is 2.21 bits per heavy atom. The number of hydrogen-bond acceptors (Lipinski definition) is 3. The second-order valence-electron chi connectivity index (χ2n) is 2.42. The normalized spacial score (nSPS) is 12.0. The van der Waals surface area contributed by atoms with Gasteiger partial charge in [-0.3, -0.25) is 4.84 Å². The zero-order chi connectivity index (χ0) is 10.6. The Balaban J connectivity index is 2.20. The number of hydrogen-bond donors (Lipinski definition) is 1. The Hall–Kier alpha value is -0.530. The van der Waals surface area contributed by atoms with E-state index in [1.165, 1.54) is 6.26 Å². The predicted octanol–water partition coefficient (Wildman–Crippen LogP) is 2.63. The molecular weight excluding hydrogens is 267 g/mol. The summed E-state index contributed by atoms with van der Waals surface area (Å²) < 4.78 is 40.4. The van der Waals surface area contributed by atoms with Crippen molar-refractivity contribution in [2.45, 2.75) is 12.7 Å². The van der Waals surface area contributed by atoms with Gasteiger partial charge in [0.25, 0.3) is 0 Å². The van der Waals surface area contributed by atoms with Gasteiger partial charge in [-0.2, -0.15) is 18.7 Å². The van der Waals surface area contributed by atoms with Crippen molar-refractivity contribution in [1.29, 1.82) is 0 Å². The van der Waals surface area contributed by atoms with Gasteiger partial charge < -0.3 is 4.42 Å². The maximum absolute atomic E-state index is 11.6. The fraction of sp³-hybridized carbons (Fsp3) is 0.429. The number of halogens is 4. The molecule has 80 valence electrons. The minimum atomic E-state index is -4.33. The lowest BCUT2D eigenvalue weighted by atomic mass is 10.5. The van der Waals surface area contributed by atoms with Crippen molar-refractivity contribution in [3.63, 3.8) is 0 Å². The molecule has 1 aromatic rings. The van der Waals surface area contributed by atoms with E-state index in [1.54, 1.807) is 6.07 Å². The van der Waals surface area contributed by atoms with Crippen LogP contribution in [0.5, 0.6) is 0 Å². The fourth-order valence-electron chi connectivity index (χ4n) is 0.701. The van der Waals surface area contributed by atoms with Crippen LogP contribution in [0.3, 0.4) is 0 Å². The summed E-state index contributed by atoms with van der Waals surface area (Å²) in [6, 6.07) is 1.64. The molecule has 0 saturated carbocycles. The molecule has 7 heteroatoms. The number of hydroxylamine groups is 1. The summed E-state index contributed by atoms with van der Waals surface area (Å²) in [4.78, 5) is 4.17. The Bertz CT molecular complexity index is 287. The molecule has 0 amide bonds. The highest BCUT2D eigenvalue weighted by Crippen LogP contribution is 2.17. The monoisotopic (exact) mass is 273 g/mol. The largest absolute Gasteiger partial charge is 0.467 e. The molecule has 0 unspecified atom stereocenters. The first-order valence-electron chi connectivity index (χ1n) is 3.62. The summed E-state index contributed by atoms with van der Waals surface area (Å²) >= 11 is 3.15. The SMILES string of the molecule is FC(F)(F)CONCc1occc1Br.